The quantitative estimate of drug-likeness (QED) is 0.412. The molecule has 0 aliphatic heterocycles. The van der Waals surface area contributed by atoms with Crippen LogP contribution >= 0.6 is 0 Å². The van der Waals surface area contributed by atoms with E-state index in [1.807, 2.05) is 0 Å². The molecule has 2 aliphatic rings. The van der Waals surface area contributed by atoms with Crippen LogP contribution in [0.25, 0.3) is 0 Å². The molecule has 0 saturated carbocycles. The molecule has 0 aromatic heterocycles. The average molecular weight is 191 g/mol. The fraction of sp³-hybridized carbons (Fsp3) is 0.615. The Labute approximate surface area is 86.2 Å². The van der Waals surface area contributed by atoms with Gasteiger partial charge in [-0.1, -0.05) is 24.6 Å². The van der Waals surface area contributed by atoms with Gasteiger partial charge in [-0.25, -0.2) is 0 Å². The van der Waals surface area contributed by atoms with E-state index < -0.39 is 0 Å². The number of hydrogen-bond acceptors (Lipinski definition) is 0. The summed E-state index contributed by atoms with van der Waals surface area (Å²) >= 11 is 0. The van der Waals surface area contributed by atoms with Crippen molar-refractivity contribution in [3.05, 3.63) is 23.8 Å². The van der Waals surface area contributed by atoms with Crippen LogP contribution in [0.3, 0.4) is 0 Å². The molecule has 2 rings (SSSR count). The summed E-state index contributed by atoms with van der Waals surface area (Å²) in [6, 6.07) is 0. The minimum atomic E-state index is 0.377. The summed E-state index contributed by atoms with van der Waals surface area (Å²) in [4.78, 5) is 0. The van der Waals surface area contributed by atoms with Crippen LogP contribution in [-0.2, 0) is 4.42 Å². The van der Waals surface area contributed by atoms with Crippen molar-refractivity contribution in [2.45, 2.75) is 33.1 Å². The summed E-state index contributed by atoms with van der Waals surface area (Å²) in [6.07, 6.45) is 10.4. The average Bonchev–Trinajstić information content (AvgIpc) is 2.18. The zero-order valence-corrected chi connectivity index (χ0v) is 9.34. The molecule has 1 heteroatoms. The molecule has 0 heterocycles. The SMILES string of the molecule is C[O+]=C1C=C[C@@]2(C)CC=C(C)C[C@@H]2C1. The van der Waals surface area contributed by atoms with Gasteiger partial charge in [-0.05, 0) is 31.1 Å². The van der Waals surface area contributed by atoms with E-state index in [9.17, 15) is 0 Å². The van der Waals surface area contributed by atoms with E-state index in [-0.39, 0.29) is 0 Å². The van der Waals surface area contributed by atoms with Crippen molar-refractivity contribution in [1.29, 1.82) is 0 Å². The van der Waals surface area contributed by atoms with Crippen LogP contribution in [0, 0.1) is 11.3 Å². The van der Waals surface area contributed by atoms with Crippen LogP contribution in [0.4, 0.5) is 0 Å². The second-order valence-corrected chi connectivity index (χ2v) is 4.87. The smallest absolute Gasteiger partial charge is 0.262 e. The van der Waals surface area contributed by atoms with Gasteiger partial charge in [-0.3, -0.25) is 4.42 Å². The number of rotatable bonds is 0. The van der Waals surface area contributed by atoms with Gasteiger partial charge in [-0.15, -0.1) is 0 Å². The Balaban J connectivity index is 2.28. The van der Waals surface area contributed by atoms with Crippen LogP contribution in [0.1, 0.15) is 33.1 Å². The molecule has 0 bridgehead atoms. The predicted molar refractivity (Wildman–Crippen MR) is 59.3 cm³/mol. The number of allylic oxidation sites excluding steroid dienone is 4. The largest absolute Gasteiger partial charge is 0.319 e. The highest BCUT2D eigenvalue weighted by molar-refractivity contribution is 5.91. The van der Waals surface area contributed by atoms with E-state index in [1.165, 1.54) is 12.8 Å². The summed E-state index contributed by atoms with van der Waals surface area (Å²) in [7, 11) is 1.77. The minimum absolute atomic E-state index is 0.377. The molecule has 14 heavy (non-hydrogen) atoms. The van der Waals surface area contributed by atoms with E-state index in [0.29, 0.717) is 5.41 Å². The molecule has 0 saturated heterocycles. The summed E-state index contributed by atoms with van der Waals surface area (Å²) in [6.45, 7) is 4.61. The lowest BCUT2D eigenvalue weighted by Crippen LogP contribution is -2.33. The van der Waals surface area contributed by atoms with Gasteiger partial charge in [0.05, 0.1) is 6.42 Å². The van der Waals surface area contributed by atoms with Crippen molar-refractivity contribution in [1.82, 2.24) is 0 Å². The Hall–Kier alpha value is -0.850. The zero-order valence-electron chi connectivity index (χ0n) is 9.34. The molecular formula is C13H19O+. The van der Waals surface area contributed by atoms with E-state index >= 15 is 0 Å². The van der Waals surface area contributed by atoms with Crippen molar-refractivity contribution < 1.29 is 4.42 Å². The fourth-order valence-corrected chi connectivity index (χ4v) is 2.52. The van der Waals surface area contributed by atoms with Gasteiger partial charge in [-0.2, -0.15) is 0 Å². The molecule has 0 aromatic carbocycles. The van der Waals surface area contributed by atoms with Crippen molar-refractivity contribution in [3.63, 3.8) is 0 Å². The molecule has 0 amide bonds. The highest BCUT2D eigenvalue weighted by Gasteiger charge is 2.39. The summed E-state index contributed by atoms with van der Waals surface area (Å²) in [5, 5.41) is 0. The third-order valence-electron chi connectivity index (χ3n) is 3.75. The van der Waals surface area contributed by atoms with Gasteiger partial charge in [0.2, 0.25) is 0 Å². The Bertz CT molecular complexity index is 322. The number of ketones is 1. The maximum absolute atomic E-state index is 5.33. The van der Waals surface area contributed by atoms with Gasteiger partial charge in [0.25, 0.3) is 7.11 Å². The lowest BCUT2D eigenvalue weighted by molar-refractivity contribution is -0.420. The minimum Gasteiger partial charge on any atom is -0.262 e. The standard InChI is InChI=1S/C13H19O/c1-10-4-6-13(2)7-5-12(14-3)9-11(13)8-10/h4-5,7,11H,6,8-9H2,1-3H3/q+1/t11-,13-/m1/s1. The highest BCUT2D eigenvalue weighted by Crippen LogP contribution is 2.45. The first kappa shape index (κ1) is 9.70. The maximum atomic E-state index is 5.33. The third kappa shape index (κ3) is 1.56. The van der Waals surface area contributed by atoms with Crippen molar-refractivity contribution in [2.24, 2.45) is 11.3 Å². The second kappa shape index (κ2) is 3.38. The highest BCUT2D eigenvalue weighted by atomic mass is 16.4. The van der Waals surface area contributed by atoms with Gasteiger partial charge in [0.15, 0.2) is 0 Å². The van der Waals surface area contributed by atoms with Crippen LogP contribution in [-0.4, -0.2) is 12.9 Å². The molecule has 1 nitrogen and oxygen atoms in total. The van der Waals surface area contributed by atoms with Gasteiger partial charge in [0.1, 0.15) is 0 Å². The Kier molecular flexibility index (Phi) is 2.34. The lowest BCUT2D eigenvalue weighted by Gasteiger charge is -2.39. The van der Waals surface area contributed by atoms with Crippen molar-refractivity contribution in [3.8, 4) is 0 Å². The molecule has 0 unspecified atom stereocenters. The topological polar surface area (TPSA) is 11.3 Å². The summed E-state index contributed by atoms with van der Waals surface area (Å²) in [5.74, 6) is 1.88. The molecule has 76 valence electrons. The zero-order chi connectivity index (χ0) is 10.2. The van der Waals surface area contributed by atoms with Crippen molar-refractivity contribution in [2.75, 3.05) is 7.11 Å². The van der Waals surface area contributed by atoms with Crippen LogP contribution < -0.4 is 0 Å². The first-order valence-electron chi connectivity index (χ1n) is 5.39. The molecule has 0 N–H and O–H groups in total. The molecule has 2 aliphatic carbocycles. The molecule has 0 aromatic rings. The first-order chi connectivity index (χ1) is 6.64. The number of hydrogen-bond donors (Lipinski definition) is 0. The fourth-order valence-electron chi connectivity index (χ4n) is 2.52. The molecule has 0 radical (unpaired) electrons. The molecule has 0 spiro atoms. The summed E-state index contributed by atoms with van der Waals surface area (Å²) < 4.78 is 5.33. The summed E-state index contributed by atoms with van der Waals surface area (Å²) in [5.41, 5.74) is 1.92. The first-order valence-corrected chi connectivity index (χ1v) is 5.39. The normalized spacial score (nSPS) is 39.5. The third-order valence-corrected chi connectivity index (χ3v) is 3.75. The van der Waals surface area contributed by atoms with Crippen LogP contribution in [0.2, 0.25) is 0 Å². The Morgan fingerprint density at radius 2 is 2.21 bits per heavy atom. The van der Waals surface area contributed by atoms with Gasteiger partial charge >= 0.3 is 5.78 Å². The molecule has 2 atom stereocenters. The second-order valence-electron chi connectivity index (χ2n) is 4.87. The van der Waals surface area contributed by atoms with Crippen LogP contribution in [0.5, 0.6) is 0 Å². The molecule has 0 fully saturated rings. The van der Waals surface area contributed by atoms with Gasteiger partial charge in [0, 0.05) is 6.08 Å². The Morgan fingerprint density at radius 3 is 2.93 bits per heavy atom. The van der Waals surface area contributed by atoms with Crippen molar-refractivity contribution >= 4 is 5.78 Å². The van der Waals surface area contributed by atoms with E-state index in [1.54, 1.807) is 12.7 Å². The number of carbonyl (C=O) groups excluding carboxylic acids is 1. The van der Waals surface area contributed by atoms with E-state index in [2.05, 4.69) is 32.1 Å². The monoisotopic (exact) mass is 191 g/mol. The lowest BCUT2D eigenvalue weighted by atomic mass is 9.64. The molecular weight excluding hydrogens is 172 g/mol. The van der Waals surface area contributed by atoms with E-state index in [4.69, 9.17) is 4.42 Å². The van der Waals surface area contributed by atoms with Crippen LogP contribution in [0.15, 0.2) is 23.8 Å². The van der Waals surface area contributed by atoms with Gasteiger partial charge < -0.3 is 0 Å². The van der Waals surface area contributed by atoms with E-state index in [0.717, 1.165) is 18.1 Å². The number of fused-ring (bicyclic) bond motifs is 1. The maximum Gasteiger partial charge on any atom is 0.319 e. The predicted octanol–water partition coefficient (Wildman–Crippen LogP) is 3.04. The Morgan fingerprint density at radius 1 is 1.43 bits per heavy atom.